The van der Waals surface area contributed by atoms with Crippen molar-refractivity contribution in [3.05, 3.63) is 60.9 Å². The zero-order valence-corrected chi connectivity index (χ0v) is 14.5. The van der Waals surface area contributed by atoms with E-state index in [0.717, 1.165) is 18.7 Å². The lowest BCUT2D eigenvalue weighted by Gasteiger charge is -2.34. The van der Waals surface area contributed by atoms with Crippen LogP contribution in [0.1, 0.15) is 5.56 Å². The van der Waals surface area contributed by atoms with Crippen molar-refractivity contribution < 1.29 is 9.59 Å². The Hall–Kier alpha value is -3.22. The van der Waals surface area contributed by atoms with Gasteiger partial charge in [-0.05, 0) is 29.8 Å². The number of anilines is 2. The molecule has 0 saturated carbocycles. The molecule has 0 bridgehead atoms. The van der Waals surface area contributed by atoms with Crippen molar-refractivity contribution in [2.75, 3.05) is 36.4 Å². The Balaban J connectivity index is 1.51. The third kappa shape index (κ3) is 4.44. The molecular formula is C19H21N5O2. The summed E-state index contributed by atoms with van der Waals surface area (Å²) in [5, 5.41) is 2.69. The number of piperazine rings is 1. The second-order valence-corrected chi connectivity index (χ2v) is 5.98. The molecule has 1 aromatic carbocycles. The Kier molecular flexibility index (Phi) is 5.58. The molecule has 0 spiro atoms. The summed E-state index contributed by atoms with van der Waals surface area (Å²) in [4.78, 5) is 36.2. The minimum Gasteiger partial charge on any atom is -0.339 e. The second kappa shape index (κ2) is 8.24. The highest BCUT2D eigenvalue weighted by Crippen LogP contribution is 2.13. The van der Waals surface area contributed by atoms with E-state index in [0.29, 0.717) is 31.1 Å². The summed E-state index contributed by atoms with van der Waals surface area (Å²) >= 11 is 0. The van der Waals surface area contributed by atoms with Crippen LogP contribution in [0.5, 0.6) is 0 Å². The molecule has 1 fully saturated rings. The molecule has 7 nitrogen and oxygen atoms in total. The van der Waals surface area contributed by atoms with Gasteiger partial charge >= 0.3 is 0 Å². The fraction of sp³-hybridized carbons (Fsp3) is 0.263. The highest BCUT2D eigenvalue weighted by atomic mass is 16.2. The molecule has 2 aromatic rings. The van der Waals surface area contributed by atoms with Gasteiger partial charge in [0, 0.05) is 44.3 Å². The Morgan fingerprint density at radius 1 is 1.08 bits per heavy atom. The van der Waals surface area contributed by atoms with E-state index in [1.165, 1.54) is 6.08 Å². The summed E-state index contributed by atoms with van der Waals surface area (Å²) < 4.78 is 0. The van der Waals surface area contributed by atoms with Gasteiger partial charge in [-0.15, -0.1) is 0 Å². The maximum atomic E-state index is 12.5. The van der Waals surface area contributed by atoms with E-state index in [1.54, 1.807) is 30.6 Å². The maximum absolute atomic E-state index is 12.5. The van der Waals surface area contributed by atoms with E-state index in [-0.39, 0.29) is 11.8 Å². The third-order valence-electron chi connectivity index (χ3n) is 4.23. The summed E-state index contributed by atoms with van der Waals surface area (Å²) in [7, 11) is 0. The molecule has 7 heteroatoms. The molecule has 1 saturated heterocycles. The van der Waals surface area contributed by atoms with E-state index in [2.05, 4.69) is 26.8 Å². The van der Waals surface area contributed by atoms with Gasteiger partial charge in [0.15, 0.2) is 0 Å². The Labute approximate surface area is 152 Å². The zero-order valence-electron chi connectivity index (χ0n) is 14.5. The first-order valence-corrected chi connectivity index (χ1v) is 8.48. The Bertz CT molecular complexity index is 768. The van der Waals surface area contributed by atoms with Crippen molar-refractivity contribution in [2.45, 2.75) is 6.42 Å². The van der Waals surface area contributed by atoms with Gasteiger partial charge in [0.25, 0.3) is 0 Å². The summed E-state index contributed by atoms with van der Waals surface area (Å²) in [6.07, 6.45) is 5.01. The lowest BCUT2D eigenvalue weighted by Crippen LogP contribution is -2.49. The van der Waals surface area contributed by atoms with Crippen LogP contribution in [0.4, 0.5) is 11.6 Å². The number of aromatic nitrogens is 2. The summed E-state index contributed by atoms with van der Waals surface area (Å²) in [5.41, 5.74) is 1.60. The lowest BCUT2D eigenvalue weighted by molar-refractivity contribution is -0.130. The quantitative estimate of drug-likeness (QED) is 0.826. The van der Waals surface area contributed by atoms with Gasteiger partial charge in [-0.25, -0.2) is 9.97 Å². The average molecular weight is 351 g/mol. The van der Waals surface area contributed by atoms with Crippen LogP contribution >= 0.6 is 0 Å². The molecule has 26 heavy (non-hydrogen) atoms. The van der Waals surface area contributed by atoms with E-state index >= 15 is 0 Å². The van der Waals surface area contributed by atoms with E-state index in [1.807, 2.05) is 17.0 Å². The van der Waals surface area contributed by atoms with Crippen LogP contribution in [-0.4, -0.2) is 52.9 Å². The van der Waals surface area contributed by atoms with Crippen molar-refractivity contribution >= 4 is 23.5 Å². The number of rotatable bonds is 5. The Morgan fingerprint density at radius 2 is 1.73 bits per heavy atom. The highest BCUT2D eigenvalue weighted by Gasteiger charge is 2.22. The molecule has 2 heterocycles. The number of hydrogen-bond acceptors (Lipinski definition) is 5. The SMILES string of the molecule is C=CC(=O)Nc1ccc(CC(=O)N2CCN(c3ncccn3)CC2)cc1. The molecule has 0 atom stereocenters. The maximum Gasteiger partial charge on any atom is 0.247 e. The Morgan fingerprint density at radius 3 is 2.35 bits per heavy atom. The fourth-order valence-electron chi connectivity index (χ4n) is 2.80. The topological polar surface area (TPSA) is 78.4 Å². The molecule has 134 valence electrons. The highest BCUT2D eigenvalue weighted by molar-refractivity contribution is 5.98. The van der Waals surface area contributed by atoms with Gasteiger partial charge in [0.05, 0.1) is 6.42 Å². The van der Waals surface area contributed by atoms with Crippen LogP contribution < -0.4 is 10.2 Å². The largest absolute Gasteiger partial charge is 0.339 e. The van der Waals surface area contributed by atoms with Crippen LogP contribution in [0, 0.1) is 0 Å². The van der Waals surface area contributed by atoms with Gasteiger partial charge < -0.3 is 15.1 Å². The van der Waals surface area contributed by atoms with Crippen molar-refractivity contribution in [2.24, 2.45) is 0 Å². The zero-order chi connectivity index (χ0) is 18.4. The predicted molar refractivity (Wildman–Crippen MR) is 99.8 cm³/mol. The summed E-state index contributed by atoms with van der Waals surface area (Å²) in [6, 6.07) is 9.07. The molecule has 1 aliphatic heterocycles. The minimum absolute atomic E-state index is 0.0986. The van der Waals surface area contributed by atoms with Crippen molar-refractivity contribution in [1.29, 1.82) is 0 Å². The number of amides is 2. The van der Waals surface area contributed by atoms with Crippen LogP contribution in [0.25, 0.3) is 0 Å². The summed E-state index contributed by atoms with van der Waals surface area (Å²) in [6.45, 7) is 6.18. The van der Waals surface area contributed by atoms with Crippen LogP contribution in [0.15, 0.2) is 55.4 Å². The van der Waals surface area contributed by atoms with Crippen LogP contribution in [-0.2, 0) is 16.0 Å². The average Bonchev–Trinajstić information content (AvgIpc) is 2.70. The molecule has 3 rings (SSSR count). The third-order valence-corrected chi connectivity index (χ3v) is 4.23. The number of nitrogens with one attached hydrogen (secondary N) is 1. The molecule has 0 radical (unpaired) electrons. The smallest absolute Gasteiger partial charge is 0.247 e. The molecule has 0 unspecified atom stereocenters. The molecule has 1 aliphatic rings. The fourth-order valence-corrected chi connectivity index (χ4v) is 2.80. The predicted octanol–water partition coefficient (Wildman–Crippen LogP) is 1.49. The molecule has 0 aliphatic carbocycles. The van der Waals surface area contributed by atoms with Gasteiger partial charge in [-0.2, -0.15) is 0 Å². The van der Waals surface area contributed by atoms with Crippen molar-refractivity contribution in [3.63, 3.8) is 0 Å². The second-order valence-electron chi connectivity index (χ2n) is 5.98. The number of benzene rings is 1. The van der Waals surface area contributed by atoms with E-state index in [9.17, 15) is 9.59 Å². The lowest BCUT2D eigenvalue weighted by atomic mass is 10.1. The monoisotopic (exact) mass is 351 g/mol. The van der Waals surface area contributed by atoms with E-state index in [4.69, 9.17) is 0 Å². The number of nitrogens with zero attached hydrogens (tertiary/aromatic N) is 4. The van der Waals surface area contributed by atoms with Crippen molar-refractivity contribution in [1.82, 2.24) is 14.9 Å². The first-order chi connectivity index (χ1) is 12.7. The number of carbonyl (C=O) groups is 2. The van der Waals surface area contributed by atoms with Crippen LogP contribution in [0.3, 0.4) is 0 Å². The first kappa shape index (κ1) is 17.6. The minimum atomic E-state index is -0.255. The van der Waals surface area contributed by atoms with Gasteiger partial charge in [-0.1, -0.05) is 18.7 Å². The molecule has 1 N–H and O–H groups in total. The molecule has 2 amide bonds. The normalized spacial score (nSPS) is 14.0. The molecular weight excluding hydrogens is 330 g/mol. The van der Waals surface area contributed by atoms with Gasteiger partial charge in [0.2, 0.25) is 17.8 Å². The van der Waals surface area contributed by atoms with E-state index < -0.39 is 0 Å². The van der Waals surface area contributed by atoms with Crippen molar-refractivity contribution in [3.8, 4) is 0 Å². The first-order valence-electron chi connectivity index (χ1n) is 8.48. The van der Waals surface area contributed by atoms with Gasteiger partial charge in [0.1, 0.15) is 0 Å². The number of hydrogen-bond donors (Lipinski definition) is 1. The van der Waals surface area contributed by atoms with Gasteiger partial charge in [-0.3, -0.25) is 9.59 Å². The standard InChI is InChI=1S/C19H21N5O2/c1-2-17(25)22-16-6-4-15(5-7-16)14-18(26)23-10-12-24(13-11-23)19-20-8-3-9-21-19/h2-9H,1,10-14H2,(H,22,25). The van der Waals surface area contributed by atoms with Crippen LogP contribution in [0.2, 0.25) is 0 Å². The number of carbonyl (C=O) groups excluding carboxylic acids is 2. The molecule has 1 aromatic heterocycles. The summed E-state index contributed by atoms with van der Waals surface area (Å²) in [5.74, 6) is 0.548.